The van der Waals surface area contributed by atoms with Gasteiger partial charge in [-0.25, -0.2) is 14.8 Å². The van der Waals surface area contributed by atoms with Crippen LogP contribution >= 0.6 is 11.8 Å². The topological polar surface area (TPSA) is 116 Å². The van der Waals surface area contributed by atoms with Crippen molar-refractivity contribution in [2.24, 2.45) is 0 Å². The molecule has 0 unspecified atom stereocenters. The summed E-state index contributed by atoms with van der Waals surface area (Å²) in [6.07, 6.45) is 1.11. The van der Waals surface area contributed by atoms with Crippen molar-refractivity contribution in [1.29, 1.82) is 0 Å². The van der Waals surface area contributed by atoms with E-state index in [1.165, 1.54) is 18.1 Å². The van der Waals surface area contributed by atoms with E-state index in [0.29, 0.717) is 49.0 Å². The minimum atomic E-state index is -0.336. The fraction of sp³-hybridized carbons (Fsp3) is 0.400. The SMILES string of the molecule is CCOC(=O)N1CCN(C(=O)CSc2ncnc3c2nnn3-c2ccc(OC)cc2)CC1. The molecule has 0 saturated carbocycles. The lowest BCUT2D eigenvalue weighted by Crippen LogP contribution is -2.51. The van der Waals surface area contributed by atoms with Gasteiger partial charge in [0.2, 0.25) is 5.91 Å². The average Bonchev–Trinajstić information content (AvgIpc) is 3.27. The van der Waals surface area contributed by atoms with Crippen molar-refractivity contribution in [2.45, 2.75) is 11.9 Å². The zero-order chi connectivity index (χ0) is 22.5. The molecule has 4 rings (SSSR count). The van der Waals surface area contributed by atoms with Gasteiger partial charge >= 0.3 is 6.09 Å². The highest BCUT2D eigenvalue weighted by molar-refractivity contribution is 8.00. The highest BCUT2D eigenvalue weighted by Crippen LogP contribution is 2.25. The Labute approximate surface area is 188 Å². The van der Waals surface area contributed by atoms with Gasteiger partial charge < -0.3 is 19.3 Å². The third kappa shape index (κ3) is 4.59. The first kappa shape index (κ1) is 21.8. The molecule has 0 N–H and O–H groups in total. The van der Waals surface area contributed by atoms with Crippen LogP contribution in [0.5, 0.6) is 5.75 Å². The number of aromatic nitrogens is 5. The van der Waals surface area contributed by atoms with E-state index in [1.54, 1.807) is 28.5 Å². The van der Waals surface area contributed by atoms with Gasteiger partial charge in [-0.05, 0) is 31.2 Å². The van der Waals surface area contributed by atoms with Crippen molar-refractivity contribution >= 4 is 34.9 Å². The monoisotopic (exact) mass is 457 g/mol. The van der Waals surface area contributed by atoms with Crippen LogP contribution in [-0.4, -0.2) is 92.4 Å². The number of benzene rings is 1. The number of rotatable bonds is 6. The molecule has 1 saturated heterocycles. The van der Waals surface area contributed by atoms with E-state index in [9.17, 15) is 9.59 Å². The van der Waals surface area contributed by atoms with Crippen molar-refractivity contribution in [2.75, 3.05) is 45.6 Å². The number of methoxy groups -OCH3 is 1. The Balaban J connectivity index is 1.40. The van der Waals surface area contributed by atoms with Gasteiger partial charge in [0.05, 0.1) is 25.2 Å². The van der Waals surface area contributed by atoms with Gasteiger partial charge in [0, 0.05) is 26.2 Å². The molecule has 3 heterocycles. The number of fused-ring (bicyclic) bond motifs is 1. The molecule has 1 aromatic carbocycles. The summed E-state index contributed by atoms with van der Waals surface area (Å²) in [7, 11) is 1.61. The van der Waals surface area contributed by atoms with Crippen LogP contribution in [0.1, 0.15) is 6.92 Å². The molecule has 1 fully saturated rings. The first-order valence-corrected chi connectivity index (χ1v) is 11.1. The van der Waals surface area contributed by atoms with E-state index in [-0.39, 0.29) is 17.8 Å². The van der Waals surface area contributed by atoms with Crippen molar-refractivity contribution in [3.8, 4) is 11.4 Å². The molecule has 12 heteroatoms. The third-order valence-electron chi connectivity index (χ3n) is 5.01. The number of carbonyl (C=O) groups is 2. The van der Waals surface area contributed by atoms with Crippen molar-refractivity contribution in [3.05, 3.63) is 30.6 Å². The van der Waals surface area contributed by atoms with E-state index in [4.69, 9.17) is 9.47 Å². The fourth-order valence-corrected chi connectivity index (χ4v) is 4.14. The molecule has 0 aliphatic carbocycles. The second-order valence-corrected chi connectivity index (χ2v) is 7.87. The first-order valence-electron chi connectivity index (χ1n) is 10.1. The van der Waals surface area contributed by atoms with Gasteiger partial charge in [-0.2, -0.15) is 4.68 Å². The Kier molecular flexibility index (Phi) is 6.69. The lowest BCUT2D eigenvalue weighted by atomic mass is 10.3. The summed E-state index contributed by atoms with van der Waals surface area (Å²) < 4.78 is 11.8. The predicted octanol–water partition coefficient (Wildman–Crippen LogP) is 1.61. The molecule has 3 aromatic rings. The third-order valence-corrected chi connectivity index (χ3v) is 5.98. The number of amides is 2. The Morgan fingerprint density at radius 1 is 1.06 bits per heavy atom. The highest BCUT2D eigenvalue weighted by atomic mass is 32.2. The van der Waals surface area contributed by atoms with E-state index in [2.05, 4.69) is 20.3 Å². The van der Waals surface area contributed by atoms with Crippen LogP contribution in [0.2, 0.25) is 0 Å². The minimum Gasteiger partial charge on any atom is -0.497 e. The summed E-state index contributed by atoms with van der Waals surface area (Å²) in [6, 6.07) is 7.39. The molecule has 11 nitrogen and oxygen atoms in total. The van der Waals surface area contributed by atoms with Crippen molar-refractivity contribution in [1.82, 2.24) is 34.8 Å². The first-order chi connectivity index (χ1) is 15.6. The standard InChI is InChI=1S/C20H23N7O4S/c1-3-31-20(29)26-10-8-25(9-11-26)16(28)12-32-19-17-18(21-13-22-19)27(24-23-17)14-4-6-15(30-2)7-5-14/h4-7,13H,3,8-12H2,1-2H3. The molecule has 2 aromatic heterocycles. The summed E-state index contributed by atoms with van der Waals surface area (Å²) in [5.74, 6) is 0.930. The van der Waals surface area contributed by atoms with E-state index in [0.717, 1.165) is 11.4 Å². The second kappa shape index (κ2) is 9.81. The Morgan fingerprint density at radius 2 is 1.78 bits per heavy atom. The van der Waals surface area contributed by atoms with E-state index >= 15 is 0 Å². The van der Waals surface area contributed by atoms with Crippen LogP contribution in [0.25, 0.3) is 16.9 Å². The molecule has 0 radical (unpaired) electrons. The summed E-state index contributed by atoms with van der Waals surface area (Å²) in [5.41, 5.74) is 1.88. The van der Waals surface area contributed by atoms with E-state index < -0.39 is 0 Å². The number of hydrogen-bond acceptors (Lipinski definition) is 9. The maximum Gasteiger partial charge on any atom is 0.409 e. The summed E-state index contributed by atoms with van der Waals surface area (Å²) in [5, 5.41) is 9.02. The summed E-state index contributed by atoms with van der Waals surface area (Å²) in [4.78, 5) is 36.4. The predicted molar refractivity (Wildman–Crippen MR) is 117 cm³/mol. The fourth-order valence-electron chi connectivity index (χ4n) is 3.31. The number of piperazine rings is 1. The van der Waals surface area contributed by atoms with Crippen LogP contribution in [0.3, 0.4) is 0 Å². The van der Waals surface area contributed by atoms with Crippen molar-refractivity contribution < 1.29 is 19.1 Å². The number of nitrogens with zero attached hydrogens (tertiary/aromatic N) is 7. The molecule has 1 aliphatic rings. The van der Waals surface area contributed by atoms with E-state index in [1.807, 2.05) is 24.3 Å². The van der Waals surface area contributed by atoms with Crippen LogP contribution in [-0.2, 0) is 9.53 Å². The van der Waals surface area contributed by atoms with Crippen molar-refractivity contribution in [3.63, 3.8) is 0 Å². The number of hydrogen-bond donors (Lipinski definition) is 0. The maximum atomic E-state index is 12.7. The van der Waals surface area contributed by atoms with Crippen LogP contribution < -0.4 is 4.74 Å². The molecule has 32 heavy (non-hydrogen) atoms. The maximum absolute atomic E-state index is 12.7. The van der Waals surface area contributed by atoms with Gasteiger partial charge in [-0.3, -0.25) is 4.79 Å². The van der Waals surface area contributed by atoms with Crippen LogP contribution in [0.15, 0.2) is 35.6 Å². The molecule has 0 atom stereocenters. The lowest BCUT2D eigenvalue weighted by Gasteiger charge is -2.34. The quantitative estimate of drug-likeness (QED) is 0.402. The minimum absolute atomic E-state index is 0.0205. The summed E-state index contributed by atoms with van der Waals surface area (Å²) >= 11 is 1.30. The van der Waals surface area contributed by atoms with Gasteiger partial charge in [0.1, 0.15) is 17.1 Å². The molecule has 0 spiro atoms. The zero-order valence-corrected chi connectivity index (χ0v) is 18.6. The largest absolute Gasteiger partial charge is 0.497 e. The number of thioether (sulfide) groups is 1. The molecule has 2 amide bonds. The highest BCUT2D eigenvalue weighted by Gasteiger charge is 2.25. The van der Waals surface area contributed by atoms with Gasteiger partial charge in [0.15, 0.2) is 11.2 Å². The second-order valence-electron chi connectivity index (χ2n) is 6.91. The average molecular weight is 458 g/mol. The molecular formula is C20H23N7O4S. The zero-order valence-electron chi connectivity index (χ0n) is 17.8. The molecule has 0 bridgehead atoms. The normalized spacial score (nSPS) is 13.9. The Hall–Kier alpha value is -3.41. The van der Waals surface area contributed by atoms with Gasteiger partial charge in [0.25, 0.3) is 0 Å². The lowest BCUT2D eigenvalue weighted by molar-refractivity contribution is -0.129. The summed E-state index contributed by atoms with van der Waals surface area (Å²) in [6.45, 7) is 3.99. The molecular weight excluding hydrogens is 434 g/mol. The smallest absolute Gasteiger partial charge is 0.409 e. The molecule has 168 valence electrons. The Bertz CT molecular complexity index is 1100. The number of carbonyl (C=O) groups excluding carboxylic acids is 2. The molecule has 1 aliphatic heterocycles. The van der Waals surface area contributed by atoms with Crippen LogP contribution in [0.4, 0.5) is 4.79 Å². The van der Waals surface area contributed by atoms with Crippen LogP contribution in [0, 0.1) is 0 Å². The Morgan fingerprint density at radius 3 is 2.47 bits per heavy atom. The van der Waals surface area contributed by atoms with Gasteiger partial charge in [-0.1, -0.05) is 17.0 Å². The van der Waals surface area contributed by atoms with Gasteiger partial charge in [-0.15, -0.1) is 5.10 Å². The number of ether oxygens (including phenoxy) is 2.